The number of para-hydroxylation sites is 1. The van der Waals surface area contributed by atoms with Crippen LogP contribution in [0.25, 0.3) is 130 Å². The van der Waals surface area contributed by atoms with Gasteiger partial charge >= 0.3 is 0 Å². The van der Waals surface area contributed by atoms with Crippen molar-refractivity contribution >= 4 is 108 Å². The Labute approximate surface area is 349 Å². The molecule has 14 aromatic rings. The monoisotopic (exact) mass is 795 g/mol. The highest BCUT2D eigenvalue weighted by molar-refractivity contribution is 7.25. The first kappa shape index (κ1) is 33.0. The fourth-order valence-electron chi connectivity index (χ4n) is 10.4. The number of hydrogen-bond donors (Lipinski definition) is 0. The highest BCUT2D eigenvalue weighted by Gasteiger charge is 2.23. The summed E-state index contributed by atoms with van der Waals surface area (Å²) in [4.78, 5) is 33.9. The molecule has 14 rings (SSSR count). The second-order valence-corrected chi connectivity index (χ2v) is 17.2. The Morgan fingerprint density at radius 1 is 0.377 bits per heavy atom. The fourth-order valence-corrected chi connectivity index (χ4v) is 11.5. The maximum atomic E-state index is 14.9. The zero-order valence-corrected chi connectivity index (χ0v) is 33.1. The number of fused-ring (bicyclic) bond motifs is 13. The van der Waals surface area contributed by atoms with Crippen molar-refractivity contribution in [2.75, 3.05) is 0 Å². The minimum Gasteiger partial charge on any atom is -0.275 e. The van der Waals surface area contributed by atoms with Crippen LogP contribution >= 0.6 is 11.3 Å². The van der Waals surface area contributed by atoms with E-state index >= 15 is 0 Å². The molecule has 0 fully saturated rings. The highest BCUT2D eigenvalue weighted by atomic mass is 32.1. The largest absolute Gasteiger partial charge is 0.275 e. The first-order valence-electron chi connectivity index (χ1n) is 20.4. The lowest BCUT2D eigenvalue weighted by atomic mass is 9.94. The van der Waals surface area contributed by atoms with E-state index in [1.807, 2.05) is 63.5 Å². The second-order valence-electron chi connectivity index (χ2n) is 16.1. The van der Waals surface area contributed by atoms with Gasteiger partial charge in [-0.25, -0.2) is 0 Å². The van der Waals surface area contributed by atoms with Crippen molar-refractivity contribution in [1.82, 2.24) is 13.8 Å². The topological polar surface area (TPSA) is 55.8 Å². The first-order chi connectivity index (χ1) is 30.1. The van der Waals surface area contributed by atoms with Crippen LogP contribution in [0.2, 0.25) is 0 Å². The van der Waals surface area contributed by atoms with Crippen LogP contribution in [0.3, 0.4) is 0 Å². The van der Waals surface area contributed by atoms with Crippen molar-refractivity contribution in [1.29, 1.82) is 0 Å². The van der Waals surface area contributed by atoms with Crippen LogP contribution in [0.4, 0.5) is 0 Å². The van der Waals surface area contributed by atoms with Gasteiger partial charge in [-0.15, -0.1) is 11.3 Å². The van der Waals surface area contributed by atoms with E-state index in [0.717, 1.165) is 109 Å². The minimum absolute atomic E-state index is 0.0100. The maximum absolute atomic E-state index is 14.9. The summed E-state index contributed by atoms with van der Waals surface area (Å²) in [5.74, 6) is 0. The Morgan fingerprint density at radius 2 is 1.05 bits per heavy atom. The predicted molar refractivity (Wildman–Crippen MR) is 255 cm³/mol. The van der Waals surface area contributed by atoms with Gasteiger partial charge in [-0.05, 0) is 87.3 Å². The van der Waals surface area contributed by atoms with E-state index < -0.39 is 0 Å². The lowest BCUT2D eigenvalue weighted by Crippen LogP contribution is -2.14. The van der Waals surface area contributed by atoms with E-state index in [1.54, 1.807) is 11.3 Å². The SMILES string of the molecule is O=c1c2c(-c3ccc4c(c3)sc3ccc(-c5ccc6c7ccccc7c(=O)n7c8ccccc8c5c67)cc34)cccc2c2nccc3c4cc(-c5ccccc5)ccc4n1c32. The fraction of sp³-hybridized carbons (Fsp3) is 0. The van der Waals surface area contributed by atoms with Gasteiger partial charge in [0.2, 0.25) is 0 Å². The second kappa shape index (κ2) is 11.8. The molecule has 0 radical (unpaired) electrons. The molecule has 0 aliphatic heterocycles. The van der Waals surface area contributed by atoms with Gasteiger partial charge in [0, 0.05) is 64.1 Å². The summed E-state index contributed by atoms with van der Waals surface area (Å²) < 4.78 is 6.14. The van der Waals surface area contributed by atoms with Crippen molar-refractivity contribution in [2.45, 2.75) is 0 Å². The van der Waals surface area contributed by atoms with Gasteiger partial charge in [0.1, 0.15) is 0 Å². The van der Waals surface area contributed by atoms with E-state index in [1.165, 1.54) is 15.5 Å². The third-order valence-electron chi connectivity index (χ3n) is 13.1. The molecule has 0 bridgehead atoms. The number of pyridine rings is 3. The molecule has 0 amide bonds. The quantitative estimate of drug-likeness (QED) is 0.167. The lowest BCUT2D eigenvalue weighted by Gasteiger charge is -2.11. The van der Waals surface area contributed by atoms with Gasteiger partial charge < -0.3 is 0 Å². The molecule has 282 valence electrons. The van der Waals surface area contributed by atoms with Gasteiger partial charge in [-0.2, -0.15) is 0 Å². The molecular formula is C55H29N3O2S. The van der Waals surface area contributed by atoms with Crippen LogP contribution in [-0.4, -0.2) is 13.8 Å². The number of benzene rings is 8. The predicted octanol–water partition coefficient (Wildman–Crippen LogP) is 13.5. The van der Waals surface area contributed by atoms with E-state index in [2.05, 4.69) is 121 Å². The summed E-state index contributed by atoms with van der Waals surface area (Å²) in [7, 11) is 0. The van der Waals surface area contributed by atoms with Gasteiger partial charge in [0.15, 0.2) is 0 Å². The summed E-state index contributed by atoms with van der Waals surface area (Å²) in [5.41, 5.74) is 10.8. The van der Waals surface area contributed by atoms with Crippen LogP contribution in [0.5, 0.6) is 0 Å². The van der Waals surface area contributed by atoms with Crippen molar-refractivity contribution in [3.05, 3.63) is 197 Å². The Hall–Kier alpha value is -7.93. The molecule has 0 saturated carbocycles. The van der Waals surface area contributed by atoms with Gasteiger partial charge in [-0.3, -0.25) is 23.4 Å². The number of nitrogens with zero attached hydrogens (tertiary/aromatic N) is 3. The number of rotatable bonds is 3. The molecule has 0 saturated heterocycles. The molecule has 6 aromatic heterocycles. The molecule has 0 aliphatic carbocycles. The molecule has 0 aliphatic rings. The van der Waals surface area contributed by atoms with Crippen molar-refractivity contribution < 1.29 is 0 Å². The van der Waals surface area contributed by atoms with E-state index in [9.17, 15) is 9.59 Å². The average Bonchev–Trinajstić information content (AvgIpc) is 3.98. The van der Waals surface area contributed by atoms with Crippen LogP contribution in [-0.2, 0) is 0 Å². The van der Waals surface area contributed by atoms with Gasteiger partial charge in [0.05, 0.1) is 33.0 Å². The standard InChI is InChI=1S/C55H29N3O2S/c59-54-40-12-5-4-11-36(40)38-22-21-35(49-41-13-6-7-16-45(41)57(54)52(38)49)32-19-24-47-44(28-32)37-20-17-33(29-48(37)61-47)34-14-8-15-42-50(34)55(60)58-46-23-18-31(30-9-2-1-3-10-30)27-43(46)39-25-26-56-51(42)53(39)58/h1-29H. The number of thiophene rings is 1. The highest BCUT2D eigenvalue weighted by Crippen LogP contribution is 2.44. The van der Waals surface area contributed by atoms with Gasteiger partial charge in [-0.1, -0.05) is 121 Å². The molecule has 0 spiro atoms. The Bertz CT molecular complexity index is 4330. The third-order valence-corrected chi connectivity index (χ3v) is 14.2. The van der Waals surface area contributed by atoms with Crippen molar-refractivity contribution in [3.8, 4) is 33.4 Å². The Balaban J connectivity index is 0.956. The zero-order valence-electron chi connectivity index (χ0n) is 32.3. The summed E-state index contributed by atoms with van der Waals surface area (Å²) in [6.45, 7) is 0. The number of hydrogen-bond acceptors (Lipinski definition) is 4. The van der Waals surface area contributed by atoms with Crippen molar-refractivity contribution in [2.24, 2.45) is 0 Å². The minimum atomic E-state index is -0.0387. The van der Waals surface area contributed by atoms with Crippen molar-refractivity contribution in [3.63, 3.8) is 0 Å². The van der Waals surface area contributed by atoms with Crippen LogP contribution in [0.1, 0.15) is 0 Å². The summed E-state index contributed by atoms with van der Waals surface area (Å²) in [6.07, 6.45) is 1.87. The zero-order chi connectivity index (χ0) is 40.1. The molecule has 0 unspecified atom stereocenters. The van der Waals surface area contributed by atoms with E-state index in [0.29, 0.717) is 5.39 Å². The van der Waals surface area contributed by atoms with Gasteiger partial charge in [0.25, 0.3) is 11.1 Å². The molecule has 0 atom stereocenters. The Morgan fingerprint density at radius 3 is 1.95 bits per heavy atom. The molecule has 6 heteroatoms. The molecule has 6 heterocycles. The van der Waals surface area contributed by atoms with Crippen LogP contribution in [0.15, 0.2) is 186 Å². The normalized spacial score (nSPS) is 12.4. The smallest absolute Gasteiger partial charge is 0.264 e. The Kier molecular flexibility index (Phi) is 6.40. The summed E-state index contributed by atoms with van der Waals surface area (Å²) >= 11 is 1.77. The first-order valence-corrected chi connectivity index (χ1v) is 21.3. The molecule has 0 N–H and O–H groups in total. The van der Waals surface area contributed by atoms with Crippen LogP contribution < -0.4 is 11.1 Å². The molecule has 8 aromatic carbocycles. The average molecular weight is 796 g/mol. The van der Waals surface area contributed by atoms with Crippen LogP contribution in [0, 0.1) is 0 Å². The third kappa shape index (κ3) is 4.31. The summed E-state index contributed by atoms with van der Waals surface area (Å²) in [5, 5.41) is 10.9. The number of aromatic nitrogens is 3. The summed E-state index contributed by atoms with van der Waals surface area (Å²) in [6, 6.07) is 58.9. The maximum Gasteiger partial charge on any atom is 0.264 e. The lowest BCUT2D eigenvalue weighted by molar-refractivity contribution is 1.20. The van der Waals surface area contributed by atoms with E-state index in [-0.39, 0.29) is 11.1 Å². The molecule has 5 nitrogen and oxygen atoms in total. The molecule has 61 heavy (non-hydrogen) atoms. The molecular weight excluding hydrogens is 767 g/mol. The van der Waals surface area contributed by atoms with E-state index in [4.69, 9.17) is 4.98 Å².